The first-order valence-corrected chi connectivity index (χ1v) is 11.2. The number of carbonyl (C=O) groups is 1. The molecule has 1 aliphatic rings. The van der Waals surface area contributed by atoms with Crippen molar-refractivity contribution in [1.29, 1.82) is 5.26 Å². The summed E-state index contributed by atoms with van der Waals surface area (Å²) in [6.45, 7) is -0.601. The number of nitriles is 1. The van der Waals surface area contributed by atoms with E-state index < -0.39 is 34.2 Å². The van der Waals surface area contributed by atoms with Crippen molar-refractivity contribution in [2.75, 3.05) is 25.2 Å². The fourth-order valence-corrected chi connectivity index (χ4v) is 5.04. The molecule has 0 radical (unpaired) electrons. The average molecular weight is 462 g/mol. The summed E-state index contributed by atoms with van der Waals surface area (Å²) in [5, 5.41) is 11.3. The molecule has 3 N–H and O–H groups in total. The number of nitrogens with zero attached hydrogens (tertiary/aromatic N) is 6. The number of amides is 1. The lowest BCUT2D eigenvalue weighted by Crippen LogP contribution is -2.42. The van der Waals surface area contributed by atoms with Crippen LogP contribution in [0.3, 0.4) is 0 Å². The predicted octanol–water partition coefficient (Wildman–Crippen LogP) is 1.96. The molecule has 0 fully saturated rings. The SMILES string of the molecule is N#Cc1ccc(C(=O)Nc2ccc(F)c(CS3(=O)=NCCCCN3/C(N)=N\CF)n2)nc1. The lowest BCUT2D eigenvalue weighted by atomic mass is 10.2. The van der Waals surface area contributed by atoms with Crippen molar-refractivity contribution >= 4 is 27.6 Å². The summed E-state index contributed by atoms with van der Waals surface area (Å²) in [5.41, 5.74) is 5.89. The number of aliphatic imine (C=N–C) groups is 1. The van der Waals surface area contributed by atoms with Crippen molar-refractivity contribution in [1.82, 2.24) is 14.3 Å². The summed E-state index contributed by atoms with van der Waals surface area (Å²) in [4.78, 5) is 23.8. The Hall–Kier alpha value is -3.66. The molecule has 2 aromatic heterocycles. The van der Waals surface area contributed by atoms with Crippen LogP contribution in [0.15, 0.2) is 39.8 Å². The first kappa shape index (κ1) is 23.0. The molecule has 168 valence electrons. The number of nitrogens with one attached hydrogen (secondary N) is 1. The third-order valence-corrected chi connectivity index (χ3v) is 6.79. The fourth-order valence-electron chi connectivity index (χ4n) is 2.92. The predicted molar refractivity (Wildman–Crippen MR) is 114 cm³/mol. The second-order valence-corrected chi connectivity index (χ2v) is 8.87. The standard InChI is InChI=1S/C19H20F2N8O2S/c20-12-25-19(23)29-8-2-1-7-26-32(29,31)11-16-14(21)4-6-17(27-16)28-18(30)15-5-3-13(9-22)10-24-15/h3-6,10H,1-2,7-8,11-12H2,(H2,23,25)(H,27,28,30). The molecule has 1 aliphatic heterocycles. The molecule has 3 rings (SSSR count). The van der Waals surface area contributed by atoms with Gasteiger partial charge >= 0.3 is 0 Å². The Morgan fingerprint density at radius 1 is 1.34 bits per heavy atom. The minimum Gasteiger partial charge on any atom is -0.369 e. The highest BCUT2D eigenvalue weighted by Crippen LogP contribution is 2.20. The zero-order chi connectivity index (χ0) is 23.1. The third kappa shape index (κ3) is 5.33. The van der Waals surface area contributed by atoms with Gasteiger partial charge in [0.25, 0.3) is 5.91 Å². The minimum absolute atomic E-state index is 0.00567. The zero-order valence-corrected chi connectivity index (χ0v) is 17.7. The number of nitrogens with two attached hydrogens (primary N) is 1. The summed E-state index contributed by atoms with van der Waals surface area (Å²) >= 11 is 0. The van der Waals surface area contributed by atoms with Crippen molar-refractivity contribution in [3.63, 3.8) is 0 Å². The Bertz CT molecular complexity index is 1190. The average Bonchev–Trinajstić information content (AvgIpc) is 2.97. The monoisotopic (exact) mass is 462 g/mol. The van der Waals surface area contributed by atoms with Gasteiger partial charge in [-0.05, 0) is 37.1 Å². The molecule has 0 spiro atoms. The maximum Gasteiger partial charge on any atom is 0.275 e. The van der Waals surface area contributed by atoms with Gasteiger partial charge in [0.2, 0.25) is 5.96 Å². The van der Waals surface area contributed by atoms with Gasteiger partial charge in [-0.25, -0.2) is 32.3 Å². The molecule has 0 aliphatic carbocycles. The van der Waals surface area contributed by atoms with E-state index in [9.17, 15) is 17.8 Å². The van der Waals surface area contributed by atoms with E-state index in [2.05, 4.69) is 24.6 Å². The Labute approximate surface area is 183 Å². The van der Waals surface area contributed by atoms with E-state index in [1.807, 2.05) is 6.07 Å². The fraction of sp³-hybridized carbons (Fsp3) is 0.316. The molecule has 1 amide bonds. The van der Waals surface area contributed by atoms with E-state index in [1.165, 1.54) is 28.7 Å². The molecule has 0 aromatic carbocycles. The highest BCUT2D eigenvalue weighted by molar-refractivity contribution is 7.91. The number of carbonyl (C=O) groups excluding carboxylic acids is 1. The quantitative estimate of drug-likeness (QED) is 0.394. The number of rotatable bonds is 5. The summed E-state index contributed by atoms with van der Waals surface area (Å²) in [6.07, 6.45) is 2.49. The van der Waals surface area contributed by atoms with Gasteiger partial charge in [-0.2, -0.15) is 5.26 Å². The van der Waals surface area contributed by atoms with Crippen LogP contribution in [0.2, 0.25) is 0 Å². The number of halogens is 2. The number of aromatic nitrogens is 2. The Morgan fingerprint density at radius 3 is 2.84 bits per heavy atom. The van der Waals surface area contributed by atoms with Gasteiger partial charge in [0.15, 0.2) is 6.80 Å². The van der Waals surface area contributed by atoms with Crippen molar-refractivity contribution in [3.05, 3.63) is 53.2 Å². The Balaban J connectivity index is 1.86. The molecule has 1 atom stereocenters. The van der Waals surface area contributed by atoms with E-state index in [0.717, 1.165) is 6.07 Å². The van der Waals surface area contributed by atoms with Crippen LogP contribution >= 0.6 is 0 Å². The van der Waals surface area contributed by atoms with Gasteiger partial charge in [-0.15, -0.1) is 0 Å². The Morgan fingerprint density at radius 2 is 2.16 bits per heavy atom. The molecule has 3 heterocycles. The van der Waals surface area contributed by atoms with E-state index in [4.69, 9.17) is 11.0 Å². The van der Waals surface area contributed by atoms with Gasteiger partial charge < -0.3 is 11.1 Å². The number of hydrogen-bond donors (Lipinski definition) is 2. The van der Waals surface area contributed by atoms with Gasteiger partial charge in [0, 0.05) is 12.7 Å². The maximum atomic E-state index is 14.5. The lowest BCUT2D eigenvalue weighted by Gasteiger charge is -2.25. The number of guanidine groups is 1. The van der Waals surface area contributed by atoms with Gasteiger partial charge in [-0.1, -0.05) is 0 Å². The van der Waals surface area contributed by atoms with E-state index in [-0.39, 0.29) is 36.3 Å². The molecule has 0 saturated carbocycles. The molecule has 10 nitrogen and oxygen atoms in total. The van der Waals surface area contributed by atoms with Crippen molar-refractivity contribution in [3.8, 4) is 6.07 Å². The lowest BCUT2D eigenvalue weighted by molar-refractivity contribution is 0.102. The van der Waals surface area contributed by atoms with Gasteiger partial charge in [0.1, 0.15) is 33.3 Å². The molecule has 2 aromatic rings. The van der Waals surface area contributed by atoms with Crippen LogP contribution in [0, 0.1) is 17.1 Å². The van der Waals surface area contributed by atoms with E-state index in [1.54, 1.807) is 0 Å². The second kappa shape index (κ2) is 10.1. The van der Waals surface area contributed by atoms with Crippen molar-refractivity contribution < 1.29 is 17.8 Å². The molecule has 1 unspecified atom stereocenters. The van der Waals surface area contributed by atoms with Gasteiger partial charge in [-0.3, -0.25) is 9.10 Å². The summed E-state index contributed by atoms with van der Waals surface area (Å²) in [6, 6.07) is 7.01. The molecular weight excluding hydrogens is 442 g/mol. The molecule has 0 bridgehead atoms. The summed E-state index contributed by atoms with van der Waals surface area (Å²) in [5.74, 6) is -2.07. The molecular formula is C19H20F2N8O2S. The molecule has 13 heteroatoms. The van der Waals surface area contributed by atoms with Crippen molar-refractivity contribution in [2.45, 2.75) is 18.6 Å². The molecule has 0 saturated heterocycles. The smallest absolute Gasteiger partial charge is 0.275 e. The zero-order valence-electron chi connectivity index (χ0n) is 16.9. The van der Waals surface area contributed by atoms with Crippen LogP contribution in [-0.2, 0) is 15.7 Å². The van der Waals surface area contributed by atoms with Crippen LogP contribution < -0.4 is 11.1 Å². The minimum atomic E-state index is -3.29. The first-order valence-electron chi connectivity index (χ1n) is 9.53. The number of anilines is 1. The van der Waals surface area contributed by atoms with Crippen LogP contribution in [0.4, 0.5) is 14.6 Å². The molecule has 32 heavy (non-hydrogen) atoms. The highest BCUT2D eigenvalue weighted by atomic mass is 32.2. The maximum absolute atomic E-state index is 14.5. The van der Waals surface area contributed by atoms with Gasteiger partial charge in [0.05, 0.1) is 23.6 Å². The first-order chi connectivity index (χ1) is 15.4. The number of pyridine rings is 2. The highest BCUT2D eigenvalue weighted by Gasteiger charge is 2.27. The summed E-state index contributed by atoms with van der Waals surface area (Å²) < 4.78 is 46.1. The topological polar surface area (TPSA) is 150 Å². The second-order valence-electron chi connectivity index (χ2n) is 6.67. The normalized spacial score (nSPS) is 18.9. The number of hydrogen-bond acceptors (Lipinski definition) is 7. The van der Waals surface area contributed by atoms with Crippen LogP contribution in [-0.4, -0.2) is 50.2 Å². The van der Waals surface area contributed by atoms with Crippen LogP contribution in [0.25, 0.3) is 0 Å². The largest absolute Gasteiger partial charge is 0.369 e. The van der Waals surface area contributed by atoms with Crippen LogP contribution in [0.5, 0.6) is 0 Å². The Kier molecular flexibility index (Phi) is 7.26. The van der Waals surface area contributed by atoms with E-state index >= 15 is 0 Å². The van der Waals surface area contributed by atoms with E-state index in [0.29, 0.717) is 18.4 Å². The number of alkyl halides is 1. The van der Waals surface area contributed by atoms with Crippen LogP contribution in [0.1, 0.15) is 34.6 Å². The third-order valence-electron chi connectivity index (χ3n) is 4.49. The van der Waals surface area contributed by atoms with Crippen molar-refractivity contribution in [2.24, 2.45) is 15.1 Å². The summed E-state index contributed by atoms with van der Waals surface area (Å²) in [7, 11) is -3.29.